The van der Waals surface area contributed by atoms with Crippen LogP contribution in [0.1, 0.15) is 5.56 Å². The third-order valence-electron chi connectivity index (χ3n) is 4.35. The molecule has 2 aromatic heterocycles. The molecule has 0 aliphatic carbocycles. The maximum Gasteiger partial charge on any atom is 0.223 e. The average molecular weight is 377 g/mol. The Morgan fingerprint density at radius 1 is 0.964 bits per heavy atom. The molecule has 0 bridgehead atoms. The van der Waals surface area contributed by atoms with Gasteiger partial charge in [0.2, 0.25) is 5.95 Å². The summed E-state index contributed by atoms with van der Waals surface area (Å²) in [5, 5.41) is 3.12. The van der Waals surface area contributed by atoms with Crippen LogP contribution in [-0.4, -0.2) is 19.5 Å². The van der Waals surface area contributed by atoms with Crippen LogP contribution in [0, 0.1) is 11.6 Å². The van der Waals surface area contributed by atoms with Gasteiger partial charge in [0.15, 0.2) is 5.82 Å². The Balaban J connectivity index is 1.71. The maximum atomic E-state index is 14.4. The first-order valence-electron chi connectivity index (χ1n) is 8.70. The first-order valence-corrected chi connectivity index (χ1v) is 8.70. The van der Waals surface area contributed by atoms with Gasteiger partial charge in [-0.25, -0.2) is 23.7 Å². The zero-order valence-electron chi connectivity index (χ0n) is 15.1. The number of hydrogen-bond acceptors (Lipinski definition) is 4. The maximum absolute atomic E-state index is 14.4. The summed E-state index contributed by atoms with van der Waals surface area (Å²) in [4.78, 5) is 13.3. The third kappa shape index (κ3) is 3.59. The minimum Gasteiger partial charge on any atom is -0.350 e. The van der Waals surface area contributed by atoms with Crippen LogP contribution in [0.25, 0.3) is 22.6 Å². The fraction of sp³-hybridized carbons (Fsp3) is 0.0952. The van der Waals surface area contributed by atoms with Crippen molar-refractivity contribution in [3.63, 3.8) is 0 Å². The largest absolute Gasteiger partial charge is 0.350 e. The summed E-state index contributed by atoms with van der Waals surface area (Å²) in [5.74, 6) is 0.341. The van der Waals surface area contributed by atoms with Crippen molar-refractivity contribution in [3.05, 3.63) is 84.3 Å². The Bertz CT molecular complexity index is 1110. The van der Waals surface area contributed by atoms with E-state index in [1.807, 2.05) is 11.6 Å². The number of aromatic nitrogens is 4. The van der Waals surface area contributed by atoms with Gasteiger partial charge in [-0.15, -0.1) is 0 Å². The molecular weight excluding hydrogens is 360 g/mol. The molecule has 0 saturated heterocycles. The molecule has 2 aromatic carbocycles. The molecule has 2 heterocycles. The van der Waals surface area contributed by atoms with E-state index in [1.54, 1.807) is 48.9 Å². The Hall–Kier alpha value is -3.61. The number of anilines is 1. The monoisotopic (exact) mass is 377 g/mol. The predicted octanol–water partition coefficient (Wildman–Crippen LogP) is 4.43. The van der Waals surface area contributed by atoms with Gasteiger partial charge in [0.05, 0.1) is 0 Å². The van der Waals surface area contributed by atoms with Gasteiger partial charge in [-0.3, -0.25) is 0 Å². The van der Waals surface area contributed by atoms with Crippen molar-refractivity contribution in [3.8, 4) is 22.6 Å². The summed E-state index contributed by atoms with van der Waals surface area (Å²) in [7, 11) is 1.85. The molecule has 0 aliphatic heterocycles. The Labute approximate surface area is 160 Å². The topological polar surface area (TPSA) is 55.6 Å². The van der Waals surface area contributed by atoms with E-state index in [2.05, 4.69) is 20.3 Å². The van der Waals surface area contributed by atoms with Crippen LogP contribution in [-0.2, 0) is 13.6 Å². The van der Waals surface area contributed by atoms with Gasteiger partial charge in [0, 0.05) is 43.3 Å². The first-order chi connectivity index (χ1) is 13.6. The number of halogens is 2. The zero-order chi connectivity index (χ0) is 19.5. The molecule has 0 aliphatic rings. The van der Waals surface area contributed by atoms with Crippen LogP contribution in [0.3, 0.4) is 0 Å². The summed E-state index contributed by atoms with van der Waals surface area (Å²) in [6.45, 7) is 0.430. The number of imidazole rings is 1. The number of hydrogen-bond donors (Lipinski definition) is 1. The first kappa shape index (κ1) is 17.8. The zero-order valence-corrected chi connectivity index (χ0v) is 15.1. The van der Waals surface area contributed by atoms with E-state index in [1.165, 1.54) is 18.2 Å². The van der Waals surface area contributed by atoms with Crippen LogP contribution in [0.15, 0.2) is 67.1 Å². The molecule has 0 unspecified atom stereocenters. The van der Waals surface area contributed by atoms with Crippen molar-refractivity contribution < 1.29 is 8.78 Å². The second kappa shape index (κ2) is 7.56. The quantitative estimate of drug-likeness (QED) is 0.559. The second-order valence-corrected chi connectivity index (χ2v) is 6.28. The summed E-state index contributed by atoms with van der Waals surface area (Å²) >= 11 is 0. The van der Waals surface area contributed by atoms with Gasteiger partial charge in [0.1, 0.15) is 17.3 Å². The van der Waals surface area contributed by atoms with Gasteiger partial charge in [-0.1, -0.05) is 30.3 Å². The van der Waals surface area contributed by atoms with E-state index in [-0.39, 0.29) is 11.6 Å². The number of nitrogens with one attached hydrogen (secondary N) is 1. The lowest BCUT2D eigenvalue weighted by Gasteiger charge is -2.12. The number of benzene rings is 2. The van der Waals surface area contributed by atoms with E-state index in [9.17, 15) is 8.78 Å². The van der Waals surface area contributed by atoms with Crippen LogP contribution in [0.4, 0.5) is 14.7 Å². The highest BCUT2D eigenvalue weighted by Crippen LogP contribution is 2.31. The van der Waals surface area contributed by atoms with Gasteiger partial charge in [-0.2, -0.15) is 0 Å². The summed E-state index contributed by atoms with van der Waals surface area (Å²) in [5.41, 5.74) is 2.38. The molecule has 4 aromatic rings. The van der Waals surface area contributed by atoms with Crippen LogP contribution >= 0.6 is 0 Å². The molecule has 0 amide bonds. The minimum absolute atomic E-state index is 0.286. The molecule has 140 valence electrons. The SMILES string of the molecule is Cn1ccnc1-c1nc(NCc2ccc(F)cc2)ncc1-c1ccccc1F. The van der Waals surface area contributed by atoms with Crippen LogP contribution in [0.5, 0.6) is 0 Å². The number of aryl methyl sites for hydroxylation is 1. The summed E-state index contributed by atoms with van der Waals surface area (Å²) in [6, 6.07) is 12.7. The van der Waals surface area contributed by atoms with Crippen molar-refractivity contribution in [1.29, 1.82) is 0 Å². The highest BCUT2D eigenvalue weighted by atomic mass is 19.1. The molecule has 0 spiro atoms. The Morgan fingerprint density at radius 2 is 1.75 bits per heavy atom. The Morgan fingerprint density at radius 3 is 2.46 bits per heavy atom. The smallest absolute Gasteiger partial charge is 0.223 e. The lowest BCUT2D eigenvalue weighted by Crippen LogP contribution is -2.06. The van der Waals surface area contributed by atoms with Crippen LogP contribution in [0.2, 0.25) is 0 Å². The summed E-state index contributed by atoms with van der Waals surface area (Å²) < 4.78 is 29.2. The highest BCUT2D eigenvalue weighted by Gasteiger charge is 2.17. The van der Waals surface area contributed by atoms with E-state index < -0.39 is 0 Å². The van der Waals surface area contributed by atoms with Crippen molar-refractivity contribution >= 4 is 5.95 Å². The number of rotatable bonds is 5. The second-order valence-electron chi connectivity index (χ2n) is 6.28. The van der Waals surface area contributed by atoms with Gasteiger partial charge >= 0.3 is 0 Å². The normalized spacial score (nSPS) is 10.8. The minimum atomic E-state index is -0.353. The molecule has 0 atom stereocenters. The lowest BCUT2D eigenvalue weighted by molar-refractivity contribution is 0.627. The van der Waals surface area contributed by atoms with Crippen molar-refractivity contribution in [1.82, 2.24) is 19.5 Å². The van der Waals surface area contributed by atoms with Crippen molar-refractivity contribution in [2.45, 2.75) is 6.54 Å². The molecular formula is C21H17F2N5. The molecule has 1 N–H and O–H groups in total. The fourth-order valence-electron chi connectivity index (χ4n) is 2.89. The molecule has 7 heteroatoms. The molecule has 4 rings (SSSR count). The van der Waals surface area contributed by atoms with Gasteiger partial charge in [0.25, 0.3) is 0 Å². The predicted molar refractivity (Wildman–Crippen MR) is 103 cm³/mol. The van der Waals surface area contributed by atoms with E-state index >= 15 is 0 Å². The Kier molecular flexibility index (Phi) is 4.80. The third-order valence-corrected chi connectivity index (χ3v) is 4.35. The van der Waals surface area contributed by atoms with E-state index in [4.69, 9.17) is 0 Å². The molecule has 0 saturated carbocycles. The van der Waals surface area contributed by atoms with E-state index in [0.717, 1.165) is 5.56 Å². The average Bonchev–Trinajstić information content (AvgIpc) is 3.14. The van der Waals surface area contributed by atoms with Gasteiger partial charge in [-0.05, 0) is 23.8 Å². The highest BCUT2D eigenvalue weighted by molar-refractivity contribution is 5.78. The molecule has 0 fully saturated rings. The van der Waals surface area contributed by atoms with Crippen LogP contribution < -0.4 is 5.32 Å². The molecule has 28 heavy (non-hydrogen) atoms. The molecule has 0 radical (unpaired) electrons. The number of nitrogens with zero attached hydrogens (tertiary/aromatic N) is 4. The van der Waals surface area contributed by atoms with Crippen molar-refractivity contribution in [2.24, 2.45) is 7.05 Å². The summed E-state index contributed by atoms with van der Waals surface area (Å²) in [6.07, 6.45) is 5.05. The van der Waals surface area contributed by atoms with Crippen molar-refractivity contribution in [2.75, 3.05) is 5.32 Å². The molecule has 5 nitrogen and oxygen atoms in total. The van der Waals surface area contributed by atoms with E-state index in [0.29, 0.717) is 35.1 Å². The standard InChI is InChI=1S/C21H17F2N5/c1-28-11-10-24-20(28)19-17(16-4-2-3-5-18(16)23)13-26-21(27-19)25-12-14-6-8-15(22)9-7-14/h2-11,13H,12H2,1H3,(H,25,26,27). The van der Waals surface area contributed by atoms with Gasteiger partial charge < -0.3 is 9.88 Å². The lowest BCUT2D eigenvalue weighted by atomic mass is 10.0. The fourth-order valence-corrected chi connectivity index (χ4v) is 2.89.